The van der Waals surface area contributed by atoms with Crippen LogP contribution in [0.2, 0.25) is 0 Å². The van der Waals surface area contributed by atoms with E-state index in [9.17, 15) is 4.79 Å². The molecule has 0 unspecified atom stereocenters. The van der Waals surface area contributed by atoms with E-state index in [4.69, 9.17) is 0 Å². The second kappa shape index (κ2) is 10.4. The number of nitrogens with zero attached hydrogens (tertiary/aromatic N) is 3. The third kappa shape index (κ3) is 5.10. The molecule has 1 N–H and O–H groups in total. The number of para-hydroxylation sites is 1. The van der Waals surface area contributed by atoms with Gasteiger partial charge in [-0.15, -0.1) is 24.8 Å². The summed E-state index contributed by atoms with van der Waals surface area (Å²) in [6.45, 7) is 1.60. The van der Waals surface area contributed by atoms with E-state index in [-0.39, 0.29) is 30.7 Å². The fourth-order valence-electron chi connectivity index (χ4n) is 3.05. The highest BCUT2D eigenvalue weighted by Gasteiger charge is 2.23. The Morgan fingerprint density at radius 3 is 2.31 bits per heavy atom. The molecule has 1 aliphatic rings. The zero-order valence-electron chi connectivity index (χ0n) is 15.1. The van der Waals surface area contributed by atoms with Crippen molar-refractivity contribution in [1.29, 1.82) is 0 Å². The minimum atomic E-state index is 0. The number of hydrogen-bond acceptors (Lipinski definition) is 4. The average molecular weight is 397 g/mol. The van der Waals surface area contributed by atoms with E-state index in [1.54, 1.807) is 6.20 Å². The van der Waals surface area contributed by atoms with Crippen molar-refractivity contribution in [3.8, 4) is 0 Å². The molecule has 0 bridgehead atoms. The molecular formula is C19H26Cl2N4O. The highest BCUT2D eigenvalue weighted by Crippen LogP contribution is 2.21. The summed E-state index contributed by atoms with van der Waals surface area (Å²) in [5.74, 6) is 0.901. The zero-order chi connectivity index (χ0) is 16.9. The lowest BCUT2D eigenvalue weighted by Crippen LogP contribution is -2.43. The van der Waals surface area contributed by atoms with Gasteiger partial charge in [0.15, 0.2) is 0 Å². The molecule has 7 heteroatoms. The van der Waals surface area contributed by atoms with E-state index in [1.807, 2.05) is 66.4 Å². The van der Waals surface area contributed by atoms with Crippen molar-refractivity contribution in [2.45, 2.75) is 18.9 Å². The first-order valence-electron chi connectivity index (χ1n) is 8.40. The predicted octanol–water partition coefficient (Wildman–Crippen LogP) is 3.52. The molecular weight excluding hydrogens is 371 g/mol. The molecule has 0 aliphatic carbocycles. The van der Waals surface area contributed by atoms with Crippen molar-refractivity contribution < 1.29 is 4.79 Å². The van der Waals surface area contributed by atoms with E-state index in [2.05, 4.69) is 10.3 Å². The Hall–Kier alpha value is -1.82. The smallest absolute Gasteiger partial charge is 0.255 e. The van der Waals surface area contributed by atoms with Crippen LogP contribution in [-0.2, 0) is 0 Å². The Labute approximate surface area is 167 Å². The Balaban J connectivity index is 0.00000169. The molecule has 2 aromatic rings. The maximum Gasteiger partial charge on any atom is 0.255 e. The number of aromatic nitrogens is 1. The number of rotatable bonds is 4. The number of piperidine rings is 1. The van der Waals surface area contributed by atoms with Gasteiger partial charge in [-0.05, 0) is 44.2 Å². The van der Waals surface area contributed by atoms with Gasteiger partial charge in [0.05, 0.1) is 5.56 Å². The SMILES string of the molecule is CNC1CCN(C(=O)c2ccc(N(C)c3ccccc3)nc2)CC1.Cl.Cl. The number of nitrogens with one attached hydrogen (secondary N) is 1. The molecule has 1 aromatic carbocycles. The molecule has 2 heterocycles. The van der Waals surface area contributed by atoms with Crippen molar-refractivity contribution in [2.75, 3.05) is 32.1 Å². The summed E-state index contributed by atoms with van der Waals surface area (Å²) in [5.41, 5.74) is 1.72. The molecule has 0 spiro atoms. The van der Waals surface area contributed by atoms with Crippen molar-refractivity contribution in [2.24, 2.45) is 0 Å². The molecule has 1 aliphatic heterocycles. The number of pyridine rings is 1. The van der Waals surface area contributed by atoms with Crippen LogP contribution < -0.4 is 10.2 Å². The van der Waals surface area contributed by atoms with Gasteiger partial charge in [0.1, 0.15) is 5.82 Å². The maximum atomic E-state index is 12.6. The molecule has 1 fully saturated rings. The Morgan fingerprint density at radius 1 is 1.12 bits per heavy atom. The monoisotopic (exact) mass is 396 g/mol. The van der Waals surface area contributed by atoms with Crippen LogP contribution in [0.4, 0.5) is 11.5 Å². The molecule has 142 valence electrons. The molecule has 0 radical (unpaired) electrons. The average Bonchev–Trinajstić information content (AvgIpc) is 2.68. The molecule has 1 saturated heterocycles. The first-order chi connectivity index (χ1) is 11.7. The number of halogens is 2. The summed E-state index contributed by atoms with van der Waals surface area (Å²) < 4.78 is 0. The third-order valence-electron chi connectivity index (χ3n) is 4.67. The minimum absolute atomic E-state index is 0. The van der Waals surface area contributed by atoms with Gasteiger partial charge in [-0.1, -0.05) is 18.2 Å². The van der Waals surface area contributed by atoms with Crippen molar-refractivity contribution >= 4 is 42.2 Å². The van der Waals surface area contributed by atoms with Crippen LogP contribution >= 0.6 is 24.8 Å². The second-order valence-electron chi connectivity index (χ2n) is 6.15. The molecule has 5 nitrogen and oxygen atoms in total. The lowest BCUT2D eigenvalue weighted by atomic mass is 10.0. The van der Waals surface area contributed by atoms with Crippen LogP contribution in [-0.4, -0.2) is 49.0 Å². The Kier molecular flexibility index (Phi) is 8.85. The van der Waals surface area contributed by atoms with Crippen LogP contribution in [0.5, 0.6) is 0 Å². The zero-order valence-corrected chi connectivity index (χ0v) is 16.7. The summed E-state index contributed by atoms with van der Waals surface area (Å²) >= 11 is 0. The van der Waals surface area contributed by atoms with E-state index < -0.39 is 0 Å². The third-order valence-corrected chi connectivity index (χ3v) is 4.67. The summed E-state index contributed by atoms with van der Waals surface area (Å²) in [7, 11) is 3.95. The Morgan fingerprint density at radius 2 is 1.77 bits per heavy atom. The lowest BCUT2D eigenvalue weighted by molar-refractivity contribution is 0.0707. The lowest BCUT2D eigenvalue weighted by Gasteiger charge is -2.31. The summed E-state index contributed by atoms with van der Waals surface area (Å²) in [6, 6.07) is 14.4. The fourth-order valence-corrected chi connectivity index (χ4v) is 3.05. The van der Waals surface area contributed by atoms with Gasteiger partial charge < -0.3 is 15.1 Å². The van der Waals surface area contributed by atoms with Crippen LogP contribution in [0.3, 0.4) is 0 Å². The Bertz CT molecular complexity index is 674. The van der Waals surface area contributed by atoms with Crippen LogP contribution in [0.1, 0.15) is 23.2 Å². The van der Waals surface area contributed by atoms with Crippen LogP contribution in [0.15, 0.2) is 48.7 Å². The minimum Gasteiger partial charge on any atom is -0.338 e. The first-order valence-corrected chi connectivity index (χ1v) is 8.40. The van der Waals surface area contributed by atoms with Crippen LogP contribution in [0.25, 0.3) is 0 Å². The van der Waals surface area contributed by atoms with Crippen molar-refractivity contribution in [3.05, 3.63) is 54.2 Å². The topological polar surface area (TPSA) is 48.5 Å². The van der Waals surface area contributed by atoms with Gasteiger partial charge in [0.25, 0.3) is 5.91 Å². The first kappa shape index (κ1) is 22.2. The molecule has 3 rings (SSSR count). The standard InChI is InChI=1S/C19H24N4O.2ClH/c1-20-16-10-12-23(13-11-16)19(24)15-8-9-18(21-14-15)22(2)17-6-4-3-5-7-17;;/h3-9,14,16,20H,10-13H2,1-2H3;2*1H. The van der Waals surface area contributed by atoms with E-state index in [0.29, 0.717) is 11.6 Å². The predicted molar refractivity (Wildman–Crippen MR) is 111 cm³/mol. The fraction of sp³-hybridized carbons (Fsp3) is 0.368. The molecule has 1 aromatic heterocycles. The number of anilines is 2. The van der Waals surface area contributed by atoms with Gasteiger partial charge in [-0.2, -0.15) is 0 Å². The van der Waals surface area contributed by atoms with Gasteiger partial charge in [-0.3, -0.25) is 4.79 Å². The summed E-state index contributed by atoms with van der Waals surface area (Å²) in [4.78, 5) is 21.0. The summed E-state index contributed by atoms with van der Waals surface area (Å²) in [5, 5.41) is 3.28. The largest absolute Gasteiger partial charge is 0.338 e. The van der Waals surface area contributed by atoms with Gasteiger partial charge in [-0.25, -0.2) is 4.98 Å². The number of carbonyl (C=O) groups excluding carboxylic acids is 1. The van der Waals surface area contributed by atoms with E-state index in [0.717, 1.165) is 37.4 Å². The molecule has 26 heavy (non-hydrogen) atoms. The van der Waals surface area contributed by atoms with Gasteiger partial charge in [0, 0.05) is 38.1 Å². The maximum absolute atomic E-state index is 12.6. The second-order valence-corrected chi connectivity index (χ2v) is 6.15. The van der Waals surface area contributed by atoms with Crippen LogP contribution in [0, 0.1) is 0 Å². The highest BCUT2D eigenvalue weighted by atomic mass is 35.5. The number of hydrogen-bond donors (Lipinski definition) is 1. The van der Waals surface area contributed by atoms with Gasteiger partial charge in [0.2, 0.25) is 0 Å². The summed E-state index contributed by atoms with van der Waals surface area (Å²) in [6.07, 6.45) is 3.69. The van der Waals surface area contributed by atoms with Crippen molar-refractivity contribution in [3.63, 3.8) is 0 Å². The quantitative estimate of drug-likeness (QED) is 0.858. The van der Waals surface area contributed by atoms with Crippen molar-refractivity contribution in [1.82, 2.24) is 15.2 Å². The number of carbonyl (C=O) groups is 1. The molecule has 0 atom stereocenters. The molecule has 0 saturated carbocycles. The molecule has 1 amide bonds. The van der Waals surface area contributed by atoms with E-state index >= 15 is 0 Å². The highest BCUT2D eigenvalue weighted by molar-refractivity contribution is 5.94. The number of likely N-dealkylation sites (tertiary alicyclic amines) is 1. The normalized spacial score (nSPS) is 14.2. The number of benzene rings is 1. The van der Waals surface area contributed by atoms with E-state index in [1.165, 1.54) is 0 Å². The van der Waals surface area contributed by atoms with Gasteiger partial charge >= 0.3 is 0 Å². The number of amides is 1.